The second-order valence-electron chi connectivity index (χ2n) is 4.05. The van der Waals surface area contributed by atoms with E-state index in [1.54, 1.807) is 11.3 Å². The molecule has 1 unspecified atom stereocenters. The normalized spacial score (nSPS) is 12.8. The van der Waals surface area contributed by atoms with E-state index in [1.807, 2.05) is 6.07 Å². The molecule has 0 aromatic carbocycles. The number of nitrogens with zero attached hydrogens (tertiary/aromatic N) is 2. The molecule has 2 aromatic heterocycles. The second kappa shape index (κ2) is 5.93. The fraction of sp³-hybridized carbons (Fsp3) is 0.500. The van der Waals surface area contributed by atoms with Crippen LogP contribution in [-0.2, 0) is 13.0 Å². The number of aromatic nitrogens is 2. The van der Waals surface area contributed by atoms with Gasteiger partial charge in [0.15, 0.2) is 5.82 Å². The molecule has 0 radical (unpaired) electrons. The molecule has 0 saturated heterocycles. The fourth-order valence-electron chi connectivity index (χ4n) is 1.41. The molecule has 0 aliphatic heterocycles. The van der Waals surface area contributed by atoms with E-state index in [4.69, 9.17) is 4.52 Å². The van der Waals surface area contributed by atoms with E-state index in [0.717, 1.165) is 18.7 Å². The SMILES string of the molecule is CCC(C)NCc1nc(Cc2cccs2)no1. The Morgan fingerprint density at radius 1 is 1.53 bits per heavy atom. The summed E-state index contributed by atoms with van der Waals surface area (Å²) in [7, 11) is 0. The highest BCUT2D eigenvalue weighted by atomic mass is 32.1. The first-order valence-corrected chi connectivity index (χ1v) is 6.73. The number of hydrogen-bond acceptors (Lipinski definition) is 5. The van der Waals surface area contributed by atoms with Crippen LogP contribution in [0, 0.1) is 0 Å². The molecule has 0 aliphatic carbocycles. The summed E-state index contributed by atoms with van der Waals surface area (Å²) in [5.41, 5.74) is 0. The van der Waals surface area contributed by atoms with Crippen molar-refractivity contribution < 1.29 is 4.52 Å². The van der Waals surface area contributed by atoms with Gasteiger partial charge in [-0.05, 0) is 24.8 Å². The zero-order valence-corrected chi connectivity index (χ0v) is 11.0. The summed E-state index contributed by atoms with van der Waals surface area (Å²) in [5.74, 6) is 1.42. The molecule has 0 spiro atoms. The van der Waals surface area contributed by atoms with Crippen molar-refractivity contribution in [3.63, 3.8) is 0 Å². The highest BCUT2D eigenvalue weighted by Gasteiger charge is 2.08. The van der Waals surface area contributed by atoms with Gasteiger partial charge in [-0.15, -0.1) is 11.3 Å². The van der Waals surface area contributed by atoms with Gasteiger partial charge >= 0.3 is 0 Å². The molecule has 2 rings (SSSR count). The average Bonchev–Trinajstić information content (AvgIpc) is 2.98. The van der Waals surface area contributed by atoms with Gasteiger partial charge in [0.25, 0.3) is 0 Å². The Bertz CT molecular complexity index is 438. The Morgan fingerprint density at radius 3 is 3.12 bits per heavy atom. The number of thiophene rings is 1. The van der Waals surface area contributed by atoms with Crippen LogP contribution >= 0.6 is 11.3 Å². The molecule has 1 N–H and O–H groups in total. The van der Waals surface area contributed by atoms with Gasteiger partial charge in [0.2, 0.25) is 5.89 Å². The quantitative estimate of drug-likeness (QED) is 0.857. The fourth-order valence-corrected chi connectivity index (χ4v) is 2.11. The Kier molecular flexibility index (Phi) is 4.28. The van der Waals surface area contributed by atoms with Gasteiger partial charge in [0.05, 0.1) is 6.54 Å². The van der Waals surface area contributed by atoms with E-state index < -0.39 is 0 Å². The highest BCUT2D eigenvalue weighted by Crippen LogP contribution is 2.12. The summed E-state index contributed by atoms with van der Waals surface area (Å²) in [6.07, 6.45) is 1.85. The van der Waals surface area contributed by atoms with Crippen molar-refractivity contribution in [3.05, 3.63) is 34.1 Å². The van der Waals surface area contributed by atoms with Crippen molar-refractivity contribution in [2.24, 2.45) is 0 Å². The van der Waals surface area contributed by atoms with E-state index in [-0.39, 0.29) is 0 Å². The topological polar surface area (TPSA) is 51.0 Å². The summed E-state index contributed by atoms with van der Waals surface area (Å²) in [6.45, 7) is 4.93. The van der Waals surface area contributed by atoms with E-state index in [0.29, 0.717) is 18.5 Å². The molecule has 17 heavy (non-hydrogen) atoms. The van der Waals surface area contributed by atoms with Crippen LogP contribution in [0.4, 0.5) is 0 Å². The maximum absolute atomic E-state index is 5.19. The predicted molar refractivity (Wildman–Crippen MR) is 68.0 cm³/mol. The molecule has 92 valence electrons. The van der Waals surface area contributed by atoms with Gasteiger partial charge in [-0.3, -0.25) is 0 Å². The van der Waals surface area contributed by atoms with Crippen molar-refractivity contribution in [3.8, 4) is 0 Å². The lowest BCUT2D eigenvalue weighted by atomic mass is 10.3. The lowest BCUT2D eigenvalue weighted by Gasteiger charge is -2.07. The largest absolute Gasteiger partial charge is 0.338 e. The van der Waals surface area contributed by atoms with Gasteiger partial charge in [-0.1, -0.05) is 18.1 Å². The molecule has 1 atom stereocenters. The van der Waals surface area contributed by atoms with Crippen LogP contribution in [0.25, 0.3) is 0 Å². The molecule has 5 heteroatoms. The molecule has 0 bridgehead atoms. The van der Waals surface area contributed by atoms with Crippen LogP contribution in [0.15, 0.2) is 22.0 Å². The van der Waals surface area contributed by atoms with Crippen LogP contribution in [0.5, 0.6) is 0 Å². The monoisotopic (exact) mass is 251 g/mol. The lowest BCUT2D eigenvalue weighted by molar-refractivity contribution is 0.354. The lowest BCUT2D eigenvalue weighted by Crippen LogP contribution is -2.24. The average molecular weight is 251 g/mol. The van der Waals surface area contributed by atoms with E-state index >= 15 is 0 Å². The number of nitrogens with one attached hydrogen (secondary N) is 1. The predicted octanol–water partition coefficient (Wildman–Crippen LogP) is 2.61. The summed E-state index contributed by atoms with van der Waals surface area (Å²) < 4.78 is 5.19. The molecule has 2 aromatic rings. The van der Waals surface area contributed by atoms with Crippen LogP contribution in [0.3, 0.4) is 0 Å². The minimum atomic E-state index is 0.475. The van der Waals surface area contributed by atoms with Crippen LogP contribution in [0.1, 0.15) is 36.9 Å². The van der Waals surface area contributed by atoms with Crippen LogP contribution < -0.4 is 5.32 Å². The highest BCUT2D eigenvalue weighted by molar-refractivity contribution is 7.09. The smallest absolute Gasteiger partial charge is 0.240 e. The van der Waals surface area contributed by atoms with Crippen molar-refractivity contribution >= 4 is 11.3 Å². The molecule has 0 fully saturated rings. The molecule has 0 amide bonds. The third-order valence-electron chi connectivity index (χ3n) is 2.64. The number of hydrogen-bond donors (Lipinski definition) is 1. The Labute approximate surface area is 105 Å². The molecule has 0 saturated carbocycles. The third kappa shape index (κ3) is 3.64. The maximum atomic E-state index is 5.19. The van der Waals surface area contributed by atoms with Gasteiger partial charge in [0.1, 0.15) is 0 Å². The Hall–Kier alpha value is -1.20. The van der Waals surface area contributed by atoms with Crippen molar-refractivity contribution in [2.45, 2.75) is 39.3 Å². The molecular formula is C12H17N3OS. The molecular weight excluding hydrogens is 234 g/mol. The second-order valence-corrected chi connectivity index (χ2v) is 5.08. The van der Waals surface area contributed by atoms with Crippen molar-refractivity contribution in [1.29, 1.82) is 0 Å². The Morgan fingerprint density at radius 2 is 2.41 bits per heavy atom. The minimum absolute atomic E-state index is 0.475. The van der Waals surface area contributed by atoms with E-state index in [2.05, 4.69) is 40.8 Å². The third-order valence-corrected chi connectivity index (χ3v) is 3.51. The number of rotatable bonds is 6. The zero-order valence-electron chi connectivity index (χ0n) is 10.1. The van der Waals surface area contributed by atoms with E-state index in [9.17, 15) is 0 Å². The van der Waals surface area contributed by atoms with E-state index in [1.165, 1.54) is 4.88 Å². The van der Waals surface area contributed by atoms with Crippen LogP contribution in [0.2, 0.25) is 0 Å². The first-order chi connectivity index (χ1) is 8.28. The maximum Gasteiger partial charge on any atom is 0.240 e. The summed E-state index contributed by atoms with van der Waals surface area (Å²) in [5, 5.41) is 9.36. The van der Waals surface area contributed by atoms with Gasteiger partial charge in [-0.25, -0.2) is 0 Å². The summed E-state index contributed by atoms with van der Waals surface area (Å²) in [6, 6.07) is 4.59. The molecule has 2 heterocycles. The first-order valence-electron chi connectivity index (χ1n) is 5.85. The van der Waals surface area contributed by atoms with Crippen molar-refractivity contribution in [1.82, 2.24) is 15.5 Å². The standard InChI is InChI=1S/C12H17N3OS/c1-3-9(2)13-8-12-14-11(15-16-12)7-10-5-4-6-17-10/h4-6,9,13H,3,7-8H2,1-2H3. The minimum Gasteiger partial charge on any atom is -0.338 e. The molecule has 0 aliphatic rings. The van der Waals surface area contributed by atoms with Crippen molar-refractivity contribution in [2.75, 3.05) is 0 Å². The van der Waals surface area contributed by atoms with Crippen LogP contribution in [-0.4, -0.2) is 16.2 Å². The van der Waals surface area contributed by atoms with Gasteiger partial charge < -0.3 is 9.84 Å². The van der Waals surface area contributed by atoms with Gasteiger partial charge in [0, 0.05) is 17.3 Å². The molecule has 4 nitrogen and oxygen atoms in total. The first kappa shape index (κ1) is 12.3. The van der Waals surface area contributed by atoms with Gasteiger partial charge in [-0.2, -0.15) is 4.98 Å². The summed E-state index contributed by atoms with van der Waals surface area (Å²) in [4.78, 5) is 5.61. The summed E-state index contributed by atoms with van der Waals surface area (Å²) >= 11 is 1.71. The Balaban J connectivity index is 1.87. The zero-order chi connectivity index (χ0) is 12.1.